The molecule has 0 radical (unpaired) electrons. The number of nitrogens with zero attached hydrogens (tertiary/aromatic N) is 1. The second-order valence-electron chi connectivity index (χ2n) is 3.70. The number of rotatable bonds is 1. The molecule has 1 N–H and O–H groups in total. The van der Waals surface area contributed by atoms with Gasteiger partial charge in [-0.2, -0.15) is 0 Å². The van der Waals surface area contributed by atoms with Gasteiger partial charge in [-0.3, -0.25) is 14.9 Å². The Morgan fingerprint density at radius 2 is 1.88 bits per heavy atom. The van der Waals surface area contributed by atoms with Gasteiger partial charge in [0.2, 0.25) is 12.0 Å². The van der Waals surface area contributed by atoms with Crippen LogP contribution in [0.2, 0.25) is 0 Å². The third kappa shape index (κ3) is 1.14. The van der Waals surface area contributed by atoms with E-state index in [1.165, 1.54) is 0 Å². The first kappa shape index (κ1) is 9.08. The zero-order valence-corrected chi connectivity index (χ0v) is 8.21. The molecule has 0 spiro atoms. The fourth-order valence-electron chi connectivity index (χ4n) is 1.95. The minimum Gasteiger partial charge on any atom is -0.381 e. The number of hydrogen-bond donors (Lipinski definition) is 1. The monoisotopic (exact) mass is 216 g/mol. The maximum absolute atomic E-state index is 11.6. The highest BCUT2D eigenvalue weighted by atomic mass is 16.6. The summed E-state index contributed by atoms with van der Waals surface area (Å²) in [5.41, 5.74) is 1.33. The van der Waals surface area contributed by atoms with Crippen LogP contribution in [0.15, 0.2) is 35.5 Å². The molecule has 2 unspecified atom stereocenters. The lowest BCUT2D eigenvalue weighted by Crippen LogP contribution is -2.26. The van der Waals surface area contributed by atoms with Crippen LogP contribution >= 0.6 is 0 Å². The van der Waals surface area contributed by atoms with Gasteiger partial charge in [-0.1, -0.05) is 35.5 Å². The molecule has 0 aromatic heterocycles. The lowest BCUT2D eigenvalue weighted by atomic mass is 9.94. The van der Waals surface area contributed by atoms with Crippen molar-refractivity contribution in [2.45, 2.75) is 6.10 Å². The average molecular weight is 216 g/mol. The van der Waals surface area contributed by atoms with Crippen LogP contribution in [-0.2, 0) is 14.4 Å². The van der Waals surface area contributed by atoms with Crippen LogP contribution in [0.5, 0.6) is 0 Å². The highest BCUT2D eigenvalue weighted by Gasteiger charge is 2.50. The first-order valence-corrected chi connectivity index (χ1v) is 4.91. The number of fused-ring (bicyclic) bond motifs is 1. The van der Waals surface area contributed by atoms with Crippen molar-refractivity contribution < 1.29 is 14.4 Å². The van der Waals surface area contributed by atoms with Gasteiger partial charge in [-0.25, -0.2) is 0 Å². The summed E-state index contributed by atoms with van der Waals surface area (Å²) in [4.78, 5) is 27.9. The molecule has 5 heteroatoms. The summed E-state index contributed by atoms with van der Waals surface area (Å²) in [7, 11) is 0. The molecule has 1 saturated heterocycles. The van der Waals surface area contributed by atoms with Gasteiger partial charge in [0.25, 0.3) is 5.91 Å². The van der Waals surface area contributed by atoms with Gasteiger partial charge in [-0.15, -0.1) is 0 Å². The largest absolute Gasteiger partial charge is 0.381 e. The van der Waals surface area contributed by atoms with Crippen molar-refractivity contribution in [3.8, 4) is 0 Å². The number of imide groups is 1. The second kappa shape index (κ2) is 3.16. The van der Waals surface area contributed by atoms with Crippen LogP contribution in [-0.4, -0.2) is 23.6 Å². The predicted octanol–water partition coefficient (Wildman–Crippen LogP) is 0.0621. The van der Waals surface area contributed by atoms with Crippen LogP contribution in [0.4, 0.5) is 0 Å². The molecule has 2 atom stereocenters. The summed E-state index contributed by atoms with van der Waals surface area (Å²) in [6.07, 6.45) is -0.789. The summed E-state index contributed by atoms with van der Waals surface area (Å²) < 4.78 is 0. The highest BCUT2D eigenvalue weighted by molar-refractivity contribution is 6.23. The van der Waals surface area contributed by atoms with Crippen molar-refractivity contribution in [1.29, 1.82) is 0 Å². The van der Waals surface area contributed by atoms with Crippen LogP contribution in [0, 0.1) is 5.92 Å². The van der Waals surface area contributed by atoms with E-state index in [0.717, 1.165) is 5.56 Å². The van der Waals surface area contributed by atoms with E-state index in [-0.39, 0.29) is 5.91 Å². The van der Waals surface area contributed by atoms with Crippen LogP contribution in [0.3, 0.4) is 0 Å². The number of carbonyl (C=O) groups excluding carboxylic acids is 2. The average Bonchev–Trinajstić information content (AvgIpc) is 2.84. The summed E-state index contributed by atoms with van der Waals surface area (Å²) >= 11 is 0. The molecule has 1 aromatic rings. The van der Waals surface area contributed by atoms with Crippen LogP contribution < -0.4 is 5.32 Å². The lowest BCUT2D eigenvalue weighted by Gasteiger charge is -2.04. The molecule has 3 rings (SSSR count). The number of benzene rings is 1. The Labute approximate surface area is 91.1 Å². The van der Waals surface area contributed by atoms with Crippen molar-refractivity contribution in [1.82, 2.24) is 5.32 Å². The molecule has 80 valence electrons. The number of amides is 2. The molecule has 5 nitrogen and oxygen atoms in total. The maximum Gasteiger partial charge on any atom is 0.271 e. The van der Waals surface area contributed by atoms with E-state index >= 15 is 0 Å². The van der Waals surface area contributed by atoms with Gasteiger partial charge < -0.3 is 4.84 Å². The molecule has 2 aliphatic heterocycles. The Kier molecular flexibility index (Phi) is 1.80. The number of carbonyl (C=O) groups is 2. The minimum atomic E-state index is -0.789. The van der Waals surface area contributed by atoms with Gasteiger partial charge in [0.1, 0.15) is 11.6 Å². The van der Waals surface area contributed by atoms with E-state index in [1.807, 2.05) is 30.3 Å². The maximum atomic E-state index is 11.6. The topological polar surface area (TPSA) is 67.8 Å². The Morgan fingerprint density at radius 3 is 2.62 bits per heavy atom. The zero-order valence-electron chi connectivity index (χ0n) is 8.21. The molecule has 2 amide bonds. The second-order valence-corrected chi connectivity index (χ2v) is 3.70. The Morgan fingerprint density at radius 1 is 1.12 bits per heavy atom. The summed E-state index contributed by atoms with van der Waals surface area (Å²) in [6.45, 7) is 0. The number of nitrogens with one attached hydrogen (secondary N) is 1. The van der Waals surface area contributed by atoms with Gasteiger partial charge in [0.05, 0.1) is 0 Å². The van der Waals surface area contributed by atoms with E-state index < -0.39 is 17.9 Å². The predicted molar refractivity (Wildman–Crippen MR) is 54.5 cm³/mol. The molecule has 0 saturated carbocycles. The molecule has 1 aromatic carbocycles. The van der Waals surface area contributed by atoms with E-state index in [0.29, 0.717) is 5.71 Å². The fourth-order valence-corrected chi connectivity index (χ4v) is 1.95. The van der Waals surface area contributed by atoms with Crippen molar-refractivity contribution in [2.75, 3.05) is 0 Å². The number of hydrogen-bond acceptors (Lipinski definition) is 4. The highest BCUT2D eigenvalue weighted by Crippen LogP contribution is 2.27. The molecule has 2 heterocycles. The minimum absolute atomic E-state index is 0.338. The normalized spacial score (nSPS) is 27.1. The van der Waals surface area contributed by atoms with E-state index in [4.69, 9.17) is 4.84 Å². The third-order valence-electron chi connectivity index (χ3n) is 2.72. The summed E-state index contributed by atoms with van der Waals surface area (Å²) in [5.74, 6) is -1.35. The van der Waals surface area contributed by atoms with E-state index in [2.05, 4.69) is 10.5 Å². The SMILES string of the molecule is O=C1NC(=O)C2C(c3ccccc3)=NOC12. The summed E-state index contributed by atoms with van der Waals surface area (Å²) in [5, 5.41) is 6.06. The Balaban J connectivity index is 2.00. The van der Waals surface area contributed by atoms with Crippen molar-refractivity contribution >= 4 is 17.5 Å². The van der Waals surface area contributed by atoms with E-state index in [9.17, 15) is 9.59 Å². The first-order valence-electron chi connectivity index (χ1n) is 4.91. The van der Waals surface area contributed by atoms with Crippen molar-refractivity contribution in [3.63, 3.8) is 0 Å². The molecule has 0 bridgehead atoms. The van der Waals surface area contributed by atoms with E-state index in [1.54, 1.807) is 0 Å². The van der Waals surface area contributed by atoms with Crippen molar-refractivity contribution in [3.05, 3.63) is 35.9 Å². The fraction of sp³-hybridized carbons (Fsp3) is 0.182. The van der Waals surface area contributed by atoms with Crippen molar-refractivity contribution in [2.24, 2.45) is 11.1 Å². The van der Waals surface area contributed by atoms with Crippen LogP contribution in [0.25, 0.3) is 0 Å². The van der Waals surface area contributed by atoms with Crippen LogP contribution in [0.1, 0.15) is 5.56 Å². The third-order valence-corrected chi connectivity index (χ3v) is 2.72. The quantitative estimate of drug-likeness (QED) is 0.675. The molecular weight excluding hydrogens is 208 g/mol. The molecule has 2 aliphatic rings. The molecule has 1 fully saturated rings. The lowest BCUT2D eigenvalue weighted by molar-refractivity contribution is -0.129. The molecular formula is C11H8N2O3. The van der Waals surface area contributed by atoms with Gasteiger partial charge in [-0.05, 0) is 0 Å². The summed E-state index contributed by atoms with van der Waals surface area (Å²) in [6, 6.07) is 9.23. The van der Waals surface area contributed by atoms with Gasteiger partial charge in [0, 0.05) is 5.56 Å². The van der Waals surface area contributed by atoms with Gasteiger partial charge in [0.15, 0.2) is 0 Å². The smallest absolute Gasteiger partial charge is 0.271 e. The Bertz CT molecular complexity index is 495. The first-order chi connectivity index (χ1) is 7.77. The standard InChI is InChI=1S/C11H8N2O3/c14-10-7-8(6-4-2-1-3-5-6)13-16-9(7)11(15)12-10/h1-5,7,9H,(H,12,14,15). The molecule has 0 aliphatic carbocycles. The number of oxime groups is 1. The van der Waals surface area contributed by atoms with Gasteiger partial charge >= 0.3 is 0 Å². The molecule has 16 heavy (non-hydrogen) atoms. The zero-order chi connectivity index (χ0) is 11.1. The Hall–Kier alpha value is -2.17.